The number of nitrogens with one attached hydrogen (secondary N) is 1. The fourth-order valence-corrected chi connectivity index (χ4v) is 3.54. The molecule has 0 aliphatic carbocycles. The molecule has 8 heteroatoms. The molecule has 3 N–H and O–H groups in total. The number of ether oxygens (including phenoxy) is 2. The van der Waals surface area contributed by atoms with Gasteiger partial charge in [0.15, 0.2) is 0 Å². The van der Waals surface area contributed by atoms with Crippen LogP contribution in [0.1, 0.15) is 19.8 Å². The summed E-state index contributed by atoms with van der Waals surface area (Å²) in [6.45, 7) is 3.81. The van der Waals surface area contributed by atoms with Crippen LogP contribution in [0.3, 0.4) is 0 Å². The number of hydrogen-bond donors (Lipinski definition) is 2. The lowest BCUT2D eigenvalue weighted by atomic mass is 10.0. The van der Waals surface area contributed by atoms with Gasteiger partial charge in [0, 0.05) is 23.9 Å². The number of amides is 2. The van der Waals surface area contributed by atoms with Crippen molar-refractivity contribution in [3.63, 3.8) is 0 Å². The van der Waals surface area contributed by atoms with Crippen LogP contribution in [0.15, 0.2) is 35.7 Å². The Morgan fingerprint density at radius 2 is 2.11 bits per heavy atom. The zero-order valence-electron chi connectivity index (χ0n) is 15.8. The summed E-state index contributed by atoms with van der Waals surface area (Å²) in [4.78, 5) is 26.6. The summed E-state index contributed by atoms with van der Waals surface area (Å²) in [6, 6.07) is 9.49. The molecule has 28 heavy (non-hydrogen) atoms. The van der Waals surface area contributed by atoms with Crippen molar-refractivity contribution in [3.05, 3.63) is 35.7 Å². The van der Waals surface area contributed by atoms with Gasteiger partial charge in [0.2, 0.25) is 0 Å². The molecule has 150 valence electrons. The van der Waals surface area contributed by atoms with Gasteiger partial charge in [-0.15, -0.1) is 11.3 Å². The van der Waals surface area contributed by atoms with Crippen molar-refractivity contribution in [2.45, 2.75) is 19.8 Å². The number of hydrogen-bond acceptors (Lipinski definition) is 6. The first-order valence-corrected chi connectivity index (χ1v) is 10.2. The maximum Gasteiger partial charge on any atom is 0.411 e. The van der Waals surface area contributed by atoms with Crippen LogP contribution in [0, 0.1) is 5.92 Å². The molecule has 1 aromatic heterocycles. The maximum absolute atomic E-state index is 12.1. The minimum absolute atomic E-state index is 0.124. The number of thiophene rings is 1. The van der Waals surface area contributed by atoms with Crippen molar-refractivity contribution >= 4 is 34.9 Å². The van der Waals surface area contributed by atoms with E-state index in [4.69, 9.17) is 15.2 Å². The number of carbonyl (C=O) groups is 2. The number of nitrogens with zero attached hydrogens (tertiary/aromatic N) is 1. The molecule has 0 saturated carbocycles. The van der Waals surface area contributed by atoms with Gasteiger partial charge < -0.3 is 20.1 Å². The molecule has 1 saturated heterocycles. The Labute approximate surface area is 168 Å². The second kappa shape index (κ2) is 9.45. The Hall–Kier alpha value is -2.74. The molecular formula is C20H25N3O4S. The summed E-state index contributed by atoms with van der Waals surface area (Å²) in [5.74, 6) is 0.124. The maximum atomic E-state index is 12.1. The van der Waals surface area contributed by atoms with E-state index in [9.17, 15) is 9.59 Å². The van der Waals surface area contributed by atoms with Gasteiger partial charge in [-0.1, -0.05) is 25.5 Å². The number of unbranched alkanes of at least 4 members (excludes halogenated alkanes) is 1. The Morgan fingerprint density at radius 3 is 2.82 bits per heavy atom. The highest BCUT2D eigenvalue weighted by atomic mass is 32.1. The molecule has 2 amide bonds. The number of nitrogens with two attached hydrogens (primary N) is 1. The first-order chi connectivity index (χ1) is 13.6. The molecule has 3 rings (SSSR count). The van der Waals surface area contributed by atoms with Crippen LogP contribution in [-0.2, 0) is 9.47 Å². The number of anilines is 2. The van der Waals surface area contributed by atoms with Gasteiger partial charge in [-0.2, -0.15) is 0 Å². The molecule has 0 radical (unpaired) electrons. The number of rotatable bonds is 7. The summed E-state index contributed by atoms with van der Waals surface area (Å²) in [5.41, 5.74) is 7.94. The average Bonchev–Trinajstić information content (AvgIpc) is 3.17. The van der Waals surface area contributed by atoms with Crippen molar-refractivity contribution in [2.75, 3.05) is 37.4 Å². The van der Waals surface area contributed by atoms with E-state index in [1.807, 2.05) is 36.6 Å². The molecule has 1 aliphatic rings. The minimum atomic E-state index is -0.556. The molecular weight excluding hydrogens is 378 g/mol. The van der Waals surface area contributed by atoms with Crippen LogP contribution in [0.5, 0.6) is 0 Å². The first kappa shape index (κ1) is 20.0. The van der Waals surface area contributed by atoms with Gasteiger partial charge in [0.1, 0.15) is 0 Å². The van der Waals surface area contributed by atoms with E-state index < -0.39 is 6.09 Å². The monoisotopic (exact) mass is 403 g/mol. The van der Waals surface area contributed by atoms with E-state index >= 15 is 0 Å². The predicted molar refractivity (Wildman–Crippen MR) is 110 cm³/mol. The van der Waals surface area contributed by atoms with Crippen LogP contribution in [0.25, 0.3) is 10.4 Å². The number of nitrogen functional groups attached to an aromatic ring is 1. The molecule has 0 spiro atoms. The number of carbonyl (C=O) groups excluding carboxylic acids is 2. The second-order valence-electron chi connectivity index (χ2n) is 6.74. The zero-order valence-corrected chi connectivity index (χ0v) is 16.7. The topological polar surface area (TPSA) is 93.9 Å². The predicted octanol–water partition coefficient (Wildman–Crippen LogP) is 4.41. The standard InChI is InChI=1S/C20H25N3O4S/c1-2-3-8-26-20(25)23-11-14(12-23)13-27-19(24)22-17-10-15(6-7-16(17)21)18-5-4-9-28-18/h4-7,9-10,14H,2-3,8,11-13,21H2,1H3,(H,22,24). The summed E-state index contributed by atoms with van der Waals surface area (Å²) >= 11 is 1.62. The second-order valence-corrected chi connectivity index (χ2v) is 7.69. The van der Waals surface area contributed by atoms with Crippen LogP contribution in [0.2, 0.25) is 0 Å². The van der Waals surface area contributed by atoms with Gasteiger partial charge in [-0.05, 0) is 35.6 Å². The van der Waals surface area contributed by atoms with E-state index in [2.05, 4.69) is 5.32 Å². The molecule has 1 aliphatic heterocycles. The highest BCUT2D eigenvalue weighted by Gasteiger charge is 2.32. The minimum Gasteiger partial charge on any atom is -0.449 e. The molecule has 7 nitrogen and oxygen atoms in total. The fourth-order valence-electron chi connectivity index (χ4n) is 2.82. The van der Waals surface area contributed by atoms with E-state index in [0.717, 1.165) is 23.3 Å². The van der Waals surface area contributed by atoms with Crippen molar-refractivity contribution in [2.24, 2.45) is 5.92 Å². The number of likely N-dealkylation sites (tertiary alicyclic amines) is 1. The normalized spacial score (nSPS) is 13.7. The fraction of sp³-hybridized carbons (Fsp3) is 0.400. The third-order valence-electron chi connectivity index (χ3n) is 4.48. The van der Waals surface area contributed by atoms with Crippen LogP contribution < -0.4 is 11.1 Å². The Morgan fingerprint density at radius 1 is 1.29 bits per heavy atom. The Bertz CT molecular complexity index is 804. The zero-order chi connectivity index (χ0) is 19.9. The largest absolute Gasteiger partial charge is 0.449 e. The van der Waals surface area contributed by atoms with Gasteiger partial charge in [0.25, 0.3) is 0 Å². The molecule has 2 heterocycles. The lowest BCUT2D eigenvalue weighted by Gasteiger charge is -2.37. The summed E-state index contributed by atoms with van der Waals surface area (Å²) in [7, 11) is 0. The SMILES string of the molecule is CCCCOC(=O)N1CC(COC(=O)Nc2cc(-c3cccs3)ccc2N)C1. The summed E-state index contributed by atoms with van der Waals surface area (Å²) < 4.78 is 10.4. The van der Waals surface area contributed by atoms with Crippen molar-refractivity contribution < 1.29 is 19.1 Å². The van der Waals surface area contributed by atoms with Gasteiger partial charge >= 0.3 is 12.2 Å². The molecule has 1 aromatic carbocycles. The first-order valence-electron chi connectivity index (χ1n) is 9.35. The van der Waals surface area contributed by atoms with E-state index in [1.165, 1.54) is 0 Å². The van der Waals surface area contributed by atoms with E-state index in [-0.39, 0.29) is 18.6 Å². The van der Waals surface area contributed by atoms with Crippen LogP contribution in [0.4, 0.5) is 21.0 Å². The van der Waals surface area contributed by atoms with Crippen molar-refractivity contribution in [1.29, 1.82) is 0 Å². The third kappa shape index (κ3) is 5.16. The summed E-state index contributed by atoms with van der Waals surface area (Å²) in [5, 5.41) is 4.69. The van der Waals surface area contributed by atoms with Gasteiger partial charge in [-0.25, -0.2) is 9.59 Å². The quantitative estimate of drug-likeness (QED) is 0.527. The Kier molecular flexibility index (Phi) is 6.76. The van der Waals surface area contributed by atoms with E-state index in [1.54, 1.807) is 22.3 Å². The molecule has 0 atom stereocenters. The molecule has 0 unspecified atom stereocenters. The van der Waals surface area contributed by atoms with E-state index in [0.29, 0.717) is 31.1 Å². The number of benzene rings is 1. The van der Waals surface area contributed by atoms with Crippen molar-refractivity contribution in [1.82, 2.24) is 4.90 Å². The van der Waals surface area contributed by atoms with Crippen molar-refractivity contribution in [3.8, 4) is 10.4 Å². The lowest BCUT2D eigenvalue weighted by molar-refractivity contribution is 0.0289. The lowest BCUT2D eigenvalue weighted by Crippen LogP contribution is -2.52. The highest BCUT2D eigenvalue weighted by Crippen LogP contribution is 2.30. The molecule has 0 bridgehead atoms. The smallest absolute Gasteiger partial charge is 0.411 e. The molecule has 2 aromatic rings. The van der Waals surface area contributed by atoms with Crippen LogP contribution >= 0.6 is 11.3 Å². The average molecular weight is 404 g/mol. The van der Waals surface area contributed by atoms with Gasteiger partial charge in [-0.3, -0.25) is 5.32 Å². The van der Waals surface area contributed by atoms with Crippen LogP contribution in [-0.4, -0.2) is 43.4 Å². The van der Waals surface area contributed by atoms with Gasteiger partial charge in [0.05, 0.1) is 24.6 Å². The third-order valence-corrected chi connectivity index (χ3v) is 5.40. The highest BCUT2D eigenvalue weighted by molar-refractivity contribution is 7.13. The summed E-state index contributed by atoms with van der Waals surface area (Å²) in [6.07, 6.45) is 0.995. The Balaban J connectivity index is 1.42. The molecule has 1 fully saturated rings.